The number of benzene rings is 2. The Morgan fingerprint density at radius 1 is 1.12 bits per heavy atom. The lowest BCUT2D eigenvalue weighted by molar-refractivity contribution is -0.116. The fraction of sp³-hybridized carbons (Fsp3) is 0.263. The highest BCUT2D eigenvalue weighted by molar-refractivity contribution is 5.96. The monoisotopic (exact) mass is 326 g/mol. The van der Waals surface area contributed by atoms with Crippen LogP contribution < -0.4 is 15.0 Å². The first-order valence-corrected chi connectivity index (χ1v) is 7.79. The van der Waals surface area contributed by atoms with Crippen molar-refractivity contribution in [2.24, 2.45) is 0 Å². The lowest BCUT2D eigenvalue weighted by atomic mass is 10.1. The van der Waals surface area contributed by atoms with Crippen LogP contribution >= 0.6 is 0 Å². The van der Waals surface area contributed by atoms with Crippen LogP contribution in [-0.4, -0.2) is 32.0 Å². The summed E-state index contributed by atoms with van der Waals surface area (Å²) < 4.78 is 5.19. The minimum Gasteiger partial charge on any atom is -0.497 e. The van der Waals surface area contributed by atoms with Gasteiger partial charge in [-0.1, -0.05) is 24.3 Å². The molecule has 24 heavy (non-hydrogen) atoms. The summed E-state index contributed by atoms with van der Waals surface area (Å²) in [5.41, 5.74) is 2.31. The van der Waals surface area contributed by atoms with Crippen molar-refractivity contribution in [3.8, 4) is 5.75 Å². The molecule has 5 heteroatoms. The molecule has 0 aliphatic heterocycles. The van der Waals surface area contributed by atoms with Crippen LogP contribution in [0, 0.1) is 6.92 Å². The number of aryl methyl sites for hydroxylation is 1. The fourth-order valence-electron chi connectivity index (χ4n) is 2.45. The number of ether oxygens (including phenoxy) is 1. The summed E-state index contributed by atoms with van der Waals surface area (Å²) in [4.78, 5) is 25.7. The van der Waals surface area contributed by atoms with E-state index in [0.717, 1.165) is 11.3 Å². The second-order valence-corrected chi connectivity index (χ2v) is 5.44. The highest BCUT2D eigenvalue weighted by atomic mass is 16.5. The summed E-state index contributed by atoms with van der Waals surface area (Å²) in [6.45, 7) is 4.15. The van der Waals surface area contributed by atoms with E-state index < -0.39 is 0 Å². The third kappa shape index (κ3) is 4.35. The van der Waals surface area contributed by atoms with Gasteiger partial charge in [0.15, 0.2) is 0 Å². The molecule has 2 amide bonds. The van der Waals surface area contributed by atoms with Gasteiger partial charge in [0.2, 0.25) is 5.91 Å². The largest absolute Gasteiger partial charge is 0.497 e. The lowest BCUT2D eigenvalue weighted by Crippen LogP contribution is -2.37. The van der Waals surface area contributed by atoms with Gasteiger partial charge in [-0.25, -0.2) is 0 Å². The van der Waals surface area contributed by atoms with Crippen LogP contribution in [0.15, 0.2) is 48.5 Å². The summed E-state index contributed by atoms with van der Waals surface area (Å²) in [6, 6.07) is 14.7. The molecular formula is C19H22N2O3. The normalized spacial score (nSPS) is 10.1. The Bertz CT molecular complexity index is 728. The van der Waals surface area contributed by atoms with E-state index in [-0.39, 0.29) is 11.8 Å². The molecule has 0 radical (unpaired) electrons. The number of hydrogen-bond donors (Lipinski definition) is 1. The number of nitrogens with one attached hydrogen (secondary N) is 1. The number of methoxy groups -OCH3 is 1. The Morgan fingerprint density at radius 2 is 1.88 bits per heavy atom. The van der Waals surface area contributed by atoms with E-state index in [0.29, 0.717) is 24.4 Å². The molecule has 0 saturated carbocycles. The van der Waals surface area contributed by atoms with Gasteiger partial charge in [-0.15, -0.1) is 0 Å². The van der Waals surface area contributed by atoms with Crippen LogP contribution in [0.4, 0.5) is 5.69 Å². The Kier molecular flexibility index (Phi) is 5.95. The zero-order chi connectivity index (χ0) is 17.5. The molecule has 0 spiro atoms. The summed E-state index contributed by atoms with van der Waals surface area (Å²) >= 11 is 0. The van der Waals surface area contributed by atoms with Gasteiger partial charge < -0.3 is 15.0 Å². The number of carbonyl (C=O) groups excluding carboxylic acids is 2. The number of carbonyl (C=O) groups is 2. The van der Waals surface area contributed by atoms with Crippen LogP contribution in [-0.2, 0) is 4.79 Å². The van der Waals surface area contributed by atoms with Crippen molar-refractivity contribution in [3.63, 3.8) is 0 Å². The SMILES string of the molecule is COc1cccc(N(CCNC(=O)c2ccccc2C)C(C)=O)c1. The molecule has 0 aliphatic carbocycles. The first-order valence-electron chi connectivity index (χ1n) is 7.79. The van der Waals surface area contributed by atoms with Gasteiger partial charge in [-0.3, -0.25) is 9.59 Å². The lowest BCUT2D eigenvalue weighted by Gasteiger charge is -2.22. The number of rotatable bonds is 6. The molecule has 2 rings (SSSR count). The minimum atomic E-state index is -0.137. The van der Waals surface area contributed by atoms with Crippen LogP contribution in [0.25, 0.3) is 0 Å². The van der Waals surface area contributed by atoms with Crippen LogP contribution in [0.1, 0.15) is 22.8 Å². The number of anilines is 1. The van der Waals surface area contributed by atoms with Gasteiger partial charge >= 0.3 is 0 Å². The maximum atomic E-state index is 12.2. The summed E-state index contributed by atoms with van der Waals surface area (Å²) in [7, 11) is 1.58. The predicted molar refractivity (Wildman–Crippen MR) is 94.5 cm³/mol. The summed E-state index contributed by atoms with van der Waals surface area (Å²) in [6.07, 6.45) is 0. The molecule has 0 aliphatic rings. The Hall–Kier alpha value is -2.82. The molecule has 0 heterocycles. The molecule has 2 aromatic rings. The first-order chi connectivity index (χ1) is 11.5. The number of nitrogens with zero attached hydrogens (tertiary/aromatic N) is 1. The average molecular weight is 326 g/mol. The van der Waals surface area contributed by atoms with E-state index in [1.54, 1.807) is 24.1 Å². The first kappa shape index (κ1) is 17.5. The predicted octanol–water partition coefficient (Wildman–Crippen LogP) is 2.79. The maximum Gasteiger partial charge on any atom is 0.251 e. The van der Waals surface area contributed by atoms with Crippen molar-refractivity contribution in [1.82, 2.24) is 5.32 Å². The maximum absolute atomic E-state index is 12.2. The van der Waals surface area contributed by atoms with Gasteiger partial charge in [0.25, 0.3) is 5.91 Å². The minimum absolute atomic E-state index is 0.0895. The Morgan fingerprint density at radius 3 is 2.54 bits per heavy atom. The topological polar surface area (TPSA) is 58.6 Å². The molecule has 0 aromatic heterocycles. The second kappa shape index (κ2) is 8.15. The van der Waals surface area contributed by atoms with E-state index in [4.69, 9.17) is 4.74 Å². The molecule has 0 fully saturated rings. The standard InChI is InChI=1S/C19H22N2O3/c1-14-7-4-5-10-18(14)19(23)20-11-12-21(15(2)22)16-8-6-9-17(13-16)24-3/h4-10,13H,11-12H2,1-3H3,(H,20,23). The van der Waals surface area contributed by atoms with Gasteiger partial charge in [-0.05, 0) is 30.7 Å². The van der Waals surface area contributed by atoms with Crippen LogP contribution in [0.2, 0.25) is 0 Å². The van der Waals surface area contributed by atoms with Gasteiger partial charge in [0, 0.05) is 37.3 Å². The van der Waals surface area contributed by atoms with E-state index in [1.807, 2.05) is 43.3 Å². The molecule has 0 saturated heterocycles. The zero-order valence-corrected chi connectivity index (χ0v) is 14.2. The van der Waals surface area contributed by atoms with E-state index >= 15 is 0 Å². The summed E-state index contributed by atoms with van der Waals surface area (Å²) in [5, 5.41) is 2.86. The number of hydrogen-bond acceptors (Lipinski definition) is 3. The summed E-state index contributed by atoms with van der Waals surface area (Å²) in [5.74, 6) is 0.457. The quantitative estimate of drug-likeness (QED) is 0.888. The van der Waals surface area contributed by atoms with E-state index in [9.17, 15) is 9.59 Å². The molecule has 0 unspecified atom stereocenters. The van der Waals surface area contributed by atoms with Gasteiger partial charge in [0.05, 0.1) is 7.11 Å². The molecule has 0 bridgehead atoms. The molecule has 1 N–H and O–H groups in total. The van der Waals surface area contributed by atoms with Gasteiger partial charge in [-0.2, -0.15) is 0 Å². The fourth-order valence-corrected chi connectivity index (χ4v) is 2.45. The average Bonchev–Trinajstić information content (AvgIpc) is 2.58. The second-order valence-electron chi connectivity index (χ2n) is 5.44. The van der Waals surface area contributed by atoms with Crippen molar-refractivity contribution >= 4 is 17.5 Å². The van der Waals surface area contributed by atoms with Crippen molar-refractivity contribution in [1.29, 1.82) is 0 Å². The smallest absolute Gasteiger partial charge is 0.251 e. The molecule has 126 valence electrons. The number of amides is 2. The van der Waals surface area contributed by atoms with E-state index in [2.05, 4.69) is 5.32 Å². The third-order valence-corrected chi connectivity index (χ3v) is 3.76. The molecule has 0 atom stereocenters. The highest BCUT2D eigenvalue weighted by Crippen LogP contribution is 2.20. The van der Waals surface area contributed by atoms with Crippen LogP contribution in [0.5, 0.6) is 5.75 Å². The Labute approximate surface area is 142 Å². The zero-order valence-electron chi connectivity index (χ0n) is 14.2. The van der Waals surface area contributed by atoms with Crippen molar-refractivity contribution < 1.29 is 14.3 Å². The van der Waals surface area contributed by atoms with Crippen LogP contribution in [0.3, 0.4) is 0 Å². The van der Waals surface area contributed by atoms with E-state index in [1.165, 1.54) is 6.92 Å². The Balaban J connectivity index is 2.01. The molecule has 2 aromatic carbocycles. The van der Waals surface area contributed by atoms with Crippen molar-refractivity contribution in [3.05, 3.63) is 59.7 Å². The van der Waals surface area contributed by atoms with Gasteiger partial charge in [0.1, 0.15) is 5.75 Å². The highest BCUT2D eigenvalue weighted by Gasteiger charge is 2.13. The molecular weight excluding hydrogens is 304 g/mol. The molecule has 5 nitrogen and oxygen atoms in total. The van der Waals surface area contributed by atoms with Crippen molar-refractivity contribution in [2.45, 2.75) is 13.8 Å². The van der Waals surface area contributed by atoms with Crippen molar-refractivity contribution in [2.75, 3.05) is 25.1 Å². The third-order valence-electron chi connectivity index (χ3n) is 3.76.